The topological polar surface area (TPSA) is 56.3 Å². The van der Waals surface area contributed by atoms with Crippen LogP contribution < -0.4 is 14.8 Å². The Labute approximate surface area is 172 Å². The molecule has 0 fully saturated rings. The normalized spacial score (nSPS) is 10.7. The van der Waals surface area contributed by atoms with E-state index >= 15 is 0 Å². The van der Waals surface area contributed by atoms with Gasteiger partial charge in [0.25, 0.3) is 0 Å². The van der Waals surface area contributed by atoms with Gasteiger partial charge in [-0.05, 0) is 42.5 Å². The predicted octanol–water partition coefficient (Wildman–Crippen LogP) is 5.75. The summed E-state index contributed by atoms with van der Waals surface area (Å²) >= 11 is 5.80. The highest BCUT2D eigenvalue weighted by atomic mass is 35.5. The largest absolute Gasteiger partial charge is 0.496 e. The number of rotatable bonds is 6. The molecule has 0 atom stereocenters. The van der Waals surface area contributed by atoms with E-state index in [2.05, 4.69) is 15.3 Å². The number of ether oxygens (including phenoxy) is 2. The molecule has 29 heavy (non-hydrogen) atoms. The number of hydrogen-bond donors (Lipinski definition) is 1. The minimum absolute atomic E-state index is 0.315. The van der Waals surface area contributed by atoms with Crippen molar-refractivity contribution >= 4 is 33.9 Å². The molecular formula is C22H17ClFN3O2. The fourth-order valence-corrected chi connectivity index (χ4v) is 3.05. The maximum atomic E-state index is 14.0. The maximum absolute atomic E-state index is 14.0. The van der Waals surface area contributed by atoms with Crippen LogP contribution in [0.5, 0.6) is 11.5 Å². The molecule has 146 valence electrons. The van der Waals surface area contributed by atoms with Crippen molar-refractivity contribution in [2.45, 2.75) is 6.61 Å². The van der Waals surface area contributed by atoms with Gasteiger partial charge in [-0.1, -0.05) is 11.6 Å². The van der Waals surface area contributed by atoms with Crippen LogP contribution >= 0.6 is 11.6 Å². The molecule has 0 unspecified atom stereocenters. The van der Waals surface area contributed by atoms with Gasteiger partial charge in [0.2, 0.25) is 0 Å². The van der Waals surface area contributed by atoms with Crippen LogP contribution in [-0.2, 0) is 6.61 Å². The van der Waals surface area contributed by atoms with E-state index in [-0.39, 0.29) is 0 Å². The Bertz CT molecular complexity index is 1170. The lowest BCUT2D eigenvalue weighted by molar-refractivity contribution is 0.297. The average Bonchev–Trinajstić information content (AvgIpc) is 2.74. The van der Waals surface area contributed by atoms with Crippen molar-refractivity contribution in [1.29, 1.82) is 0 Å². The lowest BCUT2D eigenvalue weighted by Gasteiger charge is -2.14. The minimum atomic E-state index is -0.427. The molecule has 1 aromatic heterocycles. The molecule has 1 heterocycles. The first-order valence-corrected chi connectivity index (χ1v) is 9.22. The number of anilines is 2. The van der Waals surface area contributed by atoms with E-state index in [9.17, 15) is 4.39 Å². The molecule has 0 aliphatic rings. The second-order valence-electron chi connectivity index (χ2n) is 6.31. The molecule has 7 heteroatoms. The first-order valence-electron chi connectivity index (χ1n) is 8.84. The summed E-state index contributed by atoms with van der Waals surface area (Å²) in [4.78, 5) is 8.23. The molecule has 0 spiro atoms. The van der Waals surface area contributed by atoms with E-state index < -0.39 is 5.82 Å². The van der Waals surface area contributed by atoms with Crippen LogP contribution in [0.15, 0.2) is 67.1 Å². The Morgan fingerprint density at radius 2 is 1.97 bits per heavy atom. The Hall–Kier alpha value is -3.38. The lowest BCUT2D eigenvalue weighted by Crippen LogP contribution is -2.01. The second-order valence-corrected chi connectivity index (χ2v) is 6.74. The third kappa shape index (κ3) is 4.38. The van der Waals surface area contributed by atoms with E-state index in [0.29, 0.717) is 34.5 Å². The summed E-state index contributed by atoms with van der Waals surface area (Å²) in [6.07, 6.45) is 3.26. The first-order chi connectivity index (χ1) is 14.1. The lowest BCUT2D eigenvalue weighted by atomic mass is 10.1. The molecule has 0 aliphatic carbocycles. The van der Waals surface area contributed by atoms with Crippen molar-refractivity contribution < 1.29 is 13.9 Å². The van der Waals surface area contributed by atoms with E-state index in [4.69, 9.17) is 21.1 Å². The molecule has 0 amide bonds. The minimum Gasteiger partial charge on any atom is -0.496 e. The highest BCUT2D eigenvalue weighted by molar-refractivity contribution is 6.30. The Morgan fingerprint density at radius 1 is 1.07 bits per heavy atom. The summed E-state index contributed by atoms with van der Waals surface area (Å²) in [5, 5.41) is 4.32. The third-order valence-corrected chi connectivity index (χ3v) is 4.61. The van der Waals surface area contributed by atoms with Gasteiger partial charge >= 0.3 is 0 Å². The van der Waals surface area contributed by atoms with Gasteiger partial charge in [-0.25, -0.2) is 14.4 Å². The third-order valence-electron chi connectivity index (χ3n) is 4.37. The summed E-state index contributed by atoms with van der Waals surface area (Å²) < 4.78 is 25.4. The highest BCUT2D eigenvalue weighted by Crippen LogP contribution is 2.29. The molecule has 3 aromatic carbocycles. The van der Waals surface area contributed by atoms with Crippen LogP contribution in [0.2, 0.25) is 5.02 Å². The number of nitrogens with one attached hydrogen (secondary N) is 1. The summed E-state index contributed by atoms with van der Waals surface area (Å²) in [7, 11) is 1.58. The zero-order valence-electron chi connectivity index (χ0n) is 15.5. The van der Waals surface area contributed by atoms with Crippen molar-refractivity contribution in [3.63, 3.8) is 0 Å². The van der Waals surface area contributed by atoms with Crippen LogP contribution in [0, 0.1) is 5.82 Å². The van der Waals surface area contributed by atoms with Gasteiger partial charge in [0.05, 0.1) is 18.3 Å². The molecule has 0 aliphatic heterocycles. The van der Waals surface area contributed by atoms with Crippen molar-refractivity contribution in [2.75, 3.05) is 12.4 Å². The van der Waals surface area contributed by atoms with E-state index in [1.54, 1.807) is 31.5 Å². The van der Waals surface area contributed by atoms with Gasteiger partial charge in [-0.15, -0.1) is 0 Å². The van der Waals surface area contributed by atoms with Gasteiger partial charge < -0.3 is 14.8 Å². The monoisotopic (exact) mass is 409 g/mol. The van der Waals surface area contributed by atoms with Crippen LogP contribution in [0.1, 0.15) is 5.56 Å². The molecule has 0 saturated carbocycles. The van der Waals surface area contributed by atoms with Gasteiger partial charge in [0.1, 0.15) is 30.3 Å². The highest BCUT2D eigenvalue weighted by Gasteiger charge is 2.09. The van der Waals surface area contributed by atoms with Crippen molar-refractivity contribution in [3.05, 3.63) is 83.5 Å². The Balaban J connectivity index is 1.50. The first kappa shape index (κ1) is 19.0. The quantitative estimate of drug-likeness (QED) is 0.439. The standard InChI is InChI=1S/C22H17ClFN3O2/c1-28-22-9-17(27-20-7-4-16(23)8-19(20)24)5-2-15(22)12-29-18-6-3-14-11-25-13-26-21(14)10-18/h2-11,13,27H,12H2,1H3. The maximum Gasteiger partial charge on any atom is 0.148 e. The molecule has 0 radical (unpaired) electrons. The summed E-state index contributed by atoms with van der Waals surface area (Å²) in [6.45, 7) is 0.315. The van der Waals surface area contributed by atoms with Gasteiger partial charge in [-0.3, -0.25) is 0 Å². The van der Waals surface area contributed by atoms with Crippen molar-refractivity contribution in [2.24, 2.45) is 0 Å². The molecular weight excluding hydrogens is 393 g/mol. The molecule has 0 bridgehead atoms. The smallest absolute Gasteiger partial charge is 0.148 e. The second kappa shape index (κ2) is 8.32. The number of halogens is 2. The predicted molar refractivity (Wildman–Crippen MR) is 112 cm³/mol. The number of methoxy groups -OCH3 is 1. The number of hydrogen-bond acceptors (Lipinski definition) is 5. The number of nitrogens with zero attached hydrogens (tertiary/aromatic N) is 2. The molecule has 0 saturated heterocycles. The average molecular weight is 410 g/mol. The SMILES string of the molecule is COc1cc(Nc2ccc(Cl)cc2F)ccc1COc1ccc2cncnc2c1. The summed E-state index contributed by atoms with van der Waals surface area (Å²) in [5.41, 5.74) is 2.69. The van der Waals surface area contributed by atoms with E-state index in [0.717, 1.165) is 16.5 Å². The molecule has 1 N–H and O–H groups in total. The van der Waals surface area contributed by atoms with E-state index in [1.807, 2.05) is 30.3 Å². The molecule has 5 nitrogen and oxygen atoms in total. The van der Waals surface area contributed by atoms with Gasteiger partial charge in [0.15, 0.2) is 0 Å². The number of aromatic nitrogens is 2. The van der Waals surface area contributed by atoms with Crippen molar-refractivity contribution in [3.8, 4) is 11.5 Å². The van der Waals surface area contributed by atoms with Crippen molar-refractivity contribution in [1.82, 2.24) is 9.97 Å². The van der Waals surface area contributed by atoms with E-state index in [1.165, 1.54) is 12.4 Å². The molecule has 4 aromatic rings. The number of benzene rings is 3. The number of fused-ring (bicyclic) bond motifs is 1. The Morgan fingerprint density at radius 3 is 2.79 bits per heavy atom. The van der Waals surface area contributed by atoms with Crippen LogP contribution in [-0.4, -0.2) is 17.1 Å². The fourth-order valence-electron chi connectivity index (χ4n) is 2.89. The van der Waals surface area contributed by atoms with Crippen LogP contribution in [0.3, 0.4) is 0 Å². The van der Waals surface area contributed by atoms with Crippen LogP contribution in [0.25, 0.3) is 10.9 Å². The Kier molecular flexibility index (Phi) is 5.44. The van der Waals surface area contributed by atoms with Gasteiger partial charge in [0, 0.05) is 40.0 Å². The zero-order chi connectivity index (χ0) is 20.2. The fraction of sp³-hybridized carbons (Fsp3) is 0.0909. The molecule has 4 rings (SSSR count). The summed E-state index contributed by atoms with van der Waals surface area (Å²) in [6, 6.07) is 15.6. The van der Waals surface area contributed by atoms with Gasteiger partial charge in [-0.2, -0.15) is 0 Å². The van der Waals surface area contributed by atoms with Crippen LogP contribution in [0.4, 0.5) is 15.8 Å². The zero-order valence-corrected chi connectivity index (χ0v) is 16.3. The summed E-state index contributed by atoms with van der Waals surface area (Å²) in [5.74, 6) is 0.903.